The lowest BCUT2D eigenvalue weighted by Gasteiger charge is -2.38. The van der Waals surface area contributed by atoms with Gasteiger partial charge in [0.05, 0.1) is 5.92 Å². The average Bonchev–Trinajstić information content (AvgIpc) is 3.23. The van der Waals surface area contributed by atoms with Crippen LogP contribution in [-0.2, 0) is 11.2 Å². The third kappa shape index (κ3) is 6.48. The number of unbranched alkanes of at least 4 members (excludes halogenated alkanes) is 2. The molecule has 0 saturated heterocycles. The molecule has 0 radical (unpaired) electrons. The fourth-order valence-electron chi connectivity index (χ4n) is 4.11. The van der Waals surface area contributed by atoms with Gasteiger partial charge in [-0.25, -0.2) is 4.39 Å². The van der Waals surface area contributed by atoms with Crippen LogP contribution in [0.1, 0.15) is 37.9 Å². The van der Waals surface area contributed by atoms with E-state index in [4.69, 9.17) is 4.52 Å². The molecular formula is C25H24BrF4N3O2. The van der Waals surface area contributed by atoms with E-state index in [0.717, 1.165) is 17.3 Å². The molecule has 1 amide bonds. The quantitative estimate of drug-likeness (QED) is 0.212. The largest absolute Gasteiger partial charge is 0.391 e. The van der Waals surface area contributed by atoms with Crippen LogP contribution in [0, 0.1) is 17.7 Å². The van der Waals surface area contributed by atoms with E-state index in [1.54, 1.807) is 35.2 Å². The molecule has 186 valence electrons. The lowest BCUT2D eigenvalue weighted by Crippen LogP contribution is -2.46. The van der Waals surface area contributed by atoms with E-state index in [2.05, 4.69) is 26.1 Å². The fraction of sp³-hybridized carbons (Fsp3) is 0.400. The Labute approximate surface area is 208 Å². The number of hydrogen-bond acceptors (Lipinski definition) is 4. The van der Waals surface area contributed by atoms with Crippen molar-refractivity contribution in [3.8, 4) is 11.5 Å². The highest BCUT2D eigenvalue weighted by atomic mass is 79.9. The zero-order chi connectivity index (χ0) is 25.0. The summed E-state index contributed by atoms with van der Waals surface area (Å²) in [5.74, 6) is -1.74. The summed E-state index contributed by atoms with van der Waals surface area (Å²) < 4.78 is 57.8. The second-order valence-electron chi connectivity index (χ2n) is 8.71. The van der Waals surface area contributed by atoms with Crippen molar-refractivity contribution in [2.24, 2.45) is 11.8 Å². The number of amides is 1. The van der Waals surface area contributed by atoms with Gasteiger partial charge in [0.25, 0.3) is 5.89 Å². The molecule has 0 spiro atoms. The standard InChI is InChI=1S/C25H24BrF4N3O2/c26-19-5-4-6-21(15-19)33(24(34)17-13-18(14-17)25(28,29)30)12-3-1-2-7-22-31-23(35-32-22)16-8-10-20(27)11-9-16/h4-6,8-11,15,17-18H,1-3,7,12-14H2. The molecular weight excluding hydrogens is 530 g/mol. The molecule has 4 rings (SSSR count). The smallest absolute Gasteiger partial charge is 0.334 e. The van der Waals surface area contributed by atoms with E-state index in [1.807, 2.05) is 6.07 Å². The van der Waals surface area contributed by atoms with Crippen LogP contribution in [0.2, 0.25) is 0 Å². The minimum Gasteiger partial charge on any atom is -0.334 e. The van der Waals surface area contributed by atoms with Crippen molar-refractivity contribution in [3.05, 3.63) is 64.6 Å². The van der Waals surface area contributed by atoms with Crippen LogP contribution in [0.15, 0.2) is 57.5 Å². The topological polar surface area (TPSA) is 59.2 Å². The molecule has 0 atom stereocenters. The van der Waals surface area contributed by atoms with Crippen LogP contribution in [-0.4, -0.2) is 28.8 Å². The zero-order valence-electron chi connectivity index (χ0n) is 18.8. The Kier molecular flexibility index (Phi) is 7.88. The number of hydrogen-bond donors (Lipinski definition) is 0. The summed E-state index contributed by atoms with van der Waals surface area (Å²) in [5.41, 5.74) is 1.30. The van der Waals surface area contributed by atoms with E-state index in [-0.39, 0.29) is 24.6 Å². The number of benzene rings is 2. The Morgan fingerprint density at radius 3 is 2.51 bits per heavy atom. The molecule has 1 aliphatic carbocycles. The Morgan fingerprint density at radius 1 is 1.09 bits per heavy atom. The molecule has 1 saturated carbocycles. The van der Waals surface area contributed by atoms with Crippen molar-refractivity contribution in [3.63, 3.8) is 0 Å². The molecule has 1 aromatic heterocycles. The Balaban J connectivity index is 1.30. The van der Waals surface area contributed by atoms with E-state index < -0.39 is 18.0 Å². The van der Waals surface area contributed by atoms with Crippen molar-refractivity contribution in [1.29, 1.82) is 0 Å². The first-order chi connectivity index (χ1) is 16.7. The molecule has 0 bridgehead atoms. The molecule has 10 heteroatoms. The first kappa shape index (κ1) is 25.3. The van der Waals surface area contributed by atoms with Crippen molar-refractivity contribution in [2.45, 2.75) is 44.7 Å². The molecule has 0 aliphatic heterocycles. The number of carbonyl (C=O) groups is 1. The SMILES string of the molecule is O=C(C1CC(C(F)(F)F)C1)N(CCCCCc1noc(-c2ccc(F)cc2)n1)c1cccc(Br)c1. The molecule has 0 N–H and O–H groups in total. The number of aromatic nitrogens is 2. The second kappa shape index (κ2) is 10.9. The number of aryl methyl sites for hydroxylation is 1. The van der Waals surface area contributed by atoms with Crippen LogP contribution in [0.4, 0.5) is 23.2 Å². The average molecular weight is 554 g/mol. The zero-order valence-corrected chi connectivity index (χ0v) is 20.4. The fourth-order valence-corrected chi connectivity index (χ4v) is 4.50. The number of rotatable bonds is 9. The van der Waals surface area contributed by atoms with Gasteiger partial charge in [-0.05, 0) is 68.1 Å². The third-order valence-corrected chi connectivity index (χ3v) is 6.67. The van der Waals surface area contributed by atoms with Gasteiger partial charge in [0.2, 0.25) is 5.91 Å². The number of alkyl halides is 3. The summed E-state index contributed by atoms with van der Waals surface area (Å²) in [4.78, 5) is 19.0. The Hall–Kier alpha value is -2.75. The maximum atomic E-state index is 13.1. The highest BCUT2D eigenvalue weighted by Gasteiger charge is 2.50. The van der Waals surface area contributed by atoms with Gasteiger partial charge in [0, 0.05) is 34.6 Å². The lowest BCUT2D eigenvalue weighted by molar-refractivity contribution is -0.204. The van der Waals surface area contributed by atoms with Crippen LogP contribution in [0.3, 0.4) is 0 Å². The molecule has 2 aromatic carbocycles. The number of nitrogens with zero attached hydrogens (tertiary/aromatic N) is 3. The summed E-state index contributed by atoms with van der Waals surface area (Å²) in [6, 6.07) is 13.0. The van der Waals surface area contributed by atoms with Gasteiger partial charge in [-0.2, -0.15) is 18.2 Å². The summed E-state index contributed by atoms with van der Waals surface area (Å²) in [6.45, 7) is 0.412. The Bertz CT molecular complexity index is 1140. The highest BCUT2D eigenvalue weighted by Crippen LogP contribution is 2.45. The van der Waals surface area contributed by atoms with Gasteiger partial charge < -0.3 is 9.42 Å². The second-order valence-corrected chi connectivity index (χ2v) is 9.63. The predicted octanol–water partition coefficient (Wildman–Crippen LogP) is 6.97. The maximum Gasteiger partial charge on any atom is 0.391 e. The van der Waals surface area contributed by atoms with Gasteiger partial charge in [0.1, 0.15) is 5.82 Å². The van der Waals surface area contributed by atoms with Crippen LogP contribution in [0.25, 0.3) is 11.5 Å². The molecule has 1 aliphatic rings. The summed E-state index contributed by atoms with van der Waals surface area (Å²) in [7, 11) is 0. The normalized spacial score (nSPS) is 17.7. The first-order valence-electron chi connectivity index (χ1n) is 11.4. The molecule has 1 fully saturated rings. The van der Waals surface area contributed by atoms with Gasteiger partial charge >= 0.3 is 6.18 Å². The molecule has 0 unspecified atom stereocenters. The van der Waals surface area contributed by atoms with Gasteiger partial charge in [-0.15, -0.1) is 0 Å². The molecule has 1 heterocycles. The van der Waals surface area contributed by atoms with E-state index in [0.29, 0.717) is 42.4 Å². The van der Waals surface area contributed by atoms with Crippen LogP contribution >= 0.6 is 15.9 Å². The van der Waals surface area contributed by atoms with Crippen molar-refractivity contribution in [2.75, 3.05) is 11.4 Å². The third-order valence-electron chi connectivity index (χ3n) is 6.18. The minimum absolute atomic E-state index is 0.152. The molecule has 3 aromatic rings. The lowest BCUT2D eigenvalue weighted by atomic mass is 9.73. The van der Waals surface area contributed by atoms with Crippen molar-refractivity contribution >= 4 is 27.5 Å². The maximum absolute atomic E-state index is 13.1. The van der Waals surface area contributed by atoms with Crippen LogP contribution in [0.5, 0.6) is 0 Å². The predicted molar refractivity (Wildman–Crippen MR) is 126 cm³/mol. The first-order valence-corrected chi connectivity index (χ1v) is 12.2. The minimum atomic E-state index is -4.25. The molecule has 5 nitrogen and oxygen atoms in total. The highest BCUT2D eigenvalue weighted by molar-refractivity contribution is 9.10. The monoisotopic (exact) mass is 553 g/mol. The van der Waals surface area contributed by atoms with Gasteiger partial charge in [-0.3, -0.25) is 4.79 Å². The van der Waals surface area contributed by atoms with Crippen molar-refractivity contribution in [1.82, 2.24) is 10.1 Å². The van der Waals surface area contributed by atoms with Gasteiger partial charge in [0.15, 0.2) is 5.82 Å². The van der Waals surface area contributed by atoms with E-state index in [1.165, 1.54) is 12.1 Å². The summed E-state index contributed by atoms with van der Waals surface area (Å²) in [5, 5.41) is 3.96. The van der Waals surface area contributed by atoms with Crippen molar-refractivity contribution < 1.29 is 26.9 Å². The Morgan fingerprint density at radius 2 is 1.83 bits per heavy atom. The number of anilines is 1. The van der Waals surface area contributed by atoms with Gasteiger partial charge in [-0.1, -0.05) is 33.6 Å². The number of carbonyl (C=O) groups excluding carboxylic acids is 1. The number of halogens is 5. The summed E-state index contributed by atoms with van der Waals surface area (Å²) in [6.07, 6.45) is -1.77. The van der Waals surface area contributed by atoms with E-state index in [9.17, 15) is 22.4 Å². The summed E-state index contributed by atoms with van der Waals surface area (Å²) >= 11 is 3.40. The van der Waals surface area contributed by atoms with E-state index >= 15 is 0 Å². The van der Waals surface area contributed by atoms with Crippen LogP contribution < -0.4 is 4.90 Å². The molecule has 35 heavy (non-hydrogen) atoms.